The Hall–Kier alpha value is -1.26. The summed E-state index contributed by atoms with van der Waals surface area (Å²) in [5.74, 6) is 1.71. The minimum absolute atomic E-state index is 0.747. The van der Waals surface area contributed by atoms with Gasteiger partial charge in [-0.3, -0.25) is 4.99 Å². The Labute approximate surface area is 144 Å². The highest BCUT2D eigenvalue weighted by Crippen LogP contribution is 2.31. The Kier molecular flexibility index (Phi) is 5.44. The number of rotatable bonds is 5. The molecule has 1 saturated heterocycles. The molecule has 1 N–H and O–H groups in total. The van der Waals surface area contributed by atoms with Crippen molar-refractivity contribution in [1.29, 1.82) is 0 Å². The third-order valence-electron chi connectivity index (χ3n) is 4.84. The number of hydrogen-bond acceptors (Lipinski definition) is 2. The Balaban J connectivity index is 1.46. The fourth-order valence-electron chi connectivity index (χ4n) is 3.36. The molecule has 5 heteroatoms. The second-order valence-electron chi connectivity index (χ2n) is 6.79. The van der Waals surface area contributed by atoms with Gasteiger partial charge in [0.1, 0.15) is 0 Å². The molecule has 1 heterocycles. The van der Waals surface area contributed by atoms with Gasteiger partial charge < -0.3 is 15.1 Å². The van der Waals surface area contributed by atoms with E-state index in [1.807, 2.05) is 19.2 Å². The van der Waals surface area contributed by atoms with Crippen LogP contribution in [0.5, 0.6) is 0 Å². The van der Waals surface area contributed by atoms with Crippen molar-refractivity contribution in [3.63, 3.8) is 0 Å². The molecule has 1 aromatic carbocycles. The highest BCUT2D eigenvalue weighted by molar-refractivity contribution is 6.30. The minimum atomic E-state index is 0.747. The van der Waals surface area contributed by atoms with Gasteiger partial charge in [-0.15, -0.1) is 0 Å². The molecule has 1 unspecified atom stereocenters. The van der Waals surface area contributed by atoms with Gasteiger partial charge in [-0.05, 0) is 49.4 Å². The maximum Gasteiger partial charge on any atom is 0.193 e. The van der Waals surface area contributed by atoms with E-state index in [1.165, 1.54) is 37.9 Å². The first-order valence-electron chi connectivity index (χ1n) is 8.56. The Morgan fingerprint density at radius 3 is 2.70 bits per heavy atom. The molecule has 2 aliphatic rings. The predicted molar refractivity (Wildman–Crippen MR) is 97.0 cm³/mol. The minimum Gasteiger partial charge on any atom is -0.356 e. The number of likely N-dealkylation sites (tertiary alicyclic amines) is 1. The molecular weight excluding hydrogens is 308 g/mol. The van der Waals surface area contributed by atoms with Crippen LogP contribution in [0.3, 0.4) is 0 Å². The number of hydrogen-bond donors (Lipinski definition) is 1. The predicted octanol–water partition coefficient (Wildman–Crippen LogP) is 2.83. The number of guanidine groups is 1. The van der Waals surface area contributed by atoms with Gasteiger partial charge in [-0.25, -0.2) is 0 Å². The standard InChI is InChI=1S/C18H27ClN4/c1-20-18(22(2)12-14-3-5-16(19)6-4-14)21-11-15-9-10-23(13-15)17-7-8-17/h3-6,15,17H,7-13H2,1-2H3,(H,20,21). The molecule has 0 radical (unpaired) electrons. The van der Waals surface area contributed by atoms with Gasteiger partial charge in [0.25, 0.3) is 0 Å². The number of nitrogens with one attached hydrogen (secondary N) is 1. The van der Waals surface area contributed by atoms with Crippen LogP contribution in [0.15, 0.2) is 29.3 Å². The number of aliphatic imine (C=N–C) groups is 1. The van der Waals surface area contributed by atoms with Gasteiger partial charge in [-0.2, -0.15) is 0 Å². The molecule has 3 rings (SSSR count). The van der Waals surface area contributed by atoms with Crippen LogP contribution in [0.2, 0.25) is 5.02 Å². The van der Waals surface area contributed by atoms with Crippen LogP contribution in [0.1, 0.15) is 24.8 Å². The first-order chi connectivity index (χ1) is 11.2. The van der Waals surface area contributed by atoms with E-state index in [1.54, 1.807) is 0 Å². The molecule has 0 bridgehead atoms. The lowest BCUT2D eigenvalue weighted by Gasteiger charge is -2.23. The van der Waals surface area contributed by atoms with Crippen molar-refractivity contribution in [2.24, 2.45) is 10.9 Å². The zero-order valence-electron chi connectivity index (χ0n) is 14.1. The second-order valence-corrected chi connectivity index (χ2v) is 7.23. The zero-order chi connectivity index (χ0) is 16.2. The van der Waals surface area contributed by atoms with E-state index in [0.29, 0.717) is 0 Å². The van der Waals surface area contributed by atoms with Crippen molar-refractivity contribution >= 4 is 17.6 Å². The van der Waals surface area contributed by atoms with Crippen LogP contribution in [0.25, 0.3) is 0 Å². The Morgan fingerprint density at radius 2 is 2.04 bits per heavy atom. The summed E-state index contributed by atoms with van der Waals surface area (Å²) in [7, 11) is 3.93. The maximum atomic E-state index is 5.95. The molecule has 0 aromatic heterocycles. The van der Waals surface area contributed by atoms with Crippen molar-refractivity contribution in [3.8, 4) is 0 Å². The normalized spacial score (nSPS) is 22.4. The van der Waals surface area contributed by atoms with E-state index in [-0.39, 0.29) is 0 Å². The summed E-state index contributed by atoms with van der Waals surface area (Å²) in [6.07, 6.45) is 4.12. The quantitative estimate of drug-likeness (QED) is 0.663. The average molecular weight is 335 g/mol. The zero-order valence-corrected chi connectivity index (χ0v) is 14.9. The lowest BCUT2D eigenvalue weighted by atomic mass is 10.1. The van der Waals surface area contributed by atoms with Gasteiger partial charge in [0.15, 0.2) is 5.96 Å². The van der Waals surface area contributed by atoms with Crippen molar-refractivity contribution in [3.05, 3.63) is 34.9 Å². The molecule has 1 atom stereocenters. The molecule has 1 saturated carbocycles. The van der Waals surface area contributed by atoms with Crippen LogP contribution in [-0.2, 0) is 6.54 Å². The fraction of sp³-hybridized carbons (Fsp3) is 0.611. The summed E-state index contributed by atoms with van der Waals surface area (Å²) >= 11 is 5.95. The highest BCUT2D eigenvalue weighted by Gasteiger charge is 2.34. The average Bonchev–Trinajstić information content (AvgIpc) is 3.29. The molecule has 1 aromatic rings. The Morgan fingerprint density at radius 1 is 1.30 bits per heavy atom. The number of halogens is 1. The third-order valence-corrected chi connectivity index (χ3v) is 5.09. The summed E-state index contributed by atoms with van der Waals surface area (Å²) < 4.78 is 0. The van der Waals surface area contributed by atoms with Crippen molar-refractivity contribution < 1.29 is 0 Å². The summed E-state index contributed by atoms with van der Waals surface area (Å²) in [5, 5.41) is 4.32. The monoisotopic (exact) mass is 334 g/mol. The first kappa shape index (κ1) is 16.6. The topological polar surface area (TPSA) is 30.9 Å². The van der Waals surface area contributed by atoms with E-state index < -0.39 is 0 Å². The highest BCUT2D eigenvalue weighted by atomic mass is 35.5. The molecule has 1 aliphatic heterocycles. The SMILES string of the molecule is CN=C(NCC1CCN(C2CC2)C1)N(C)Cc1ccc(Cl)cc1. The van der Waals surface area contributed by atoms with Crippen molar-refractivity contribution in [2.75, 3.05) is 33.7 Å². The summed E-state index contributed by atoms with van der Waals surface area (Å²) in [6.45, 7) is 4.36. The van der Waals surface area contributed by atoms with Crippen LogP contribution < -0.4 is 5.32 Å². The molecule has 23 heavy (non-hydrogen) atoms. The first-order valence-corrected chi connectivity index (χ1v) is 8.94. The number of benzene rings is 1. The van der Waals surface area contributed by atoms with Gasteiger partial charge >= 0.3 is 0 Å². The molecule has 126 valence electrons. The molecule has 4 nitrogen and oxygen atoms in total. The van der Waals surface area contributed by atoms with Crippen molar-refractivity contribution in [1.82, 2.24) is 15.1 Å². The Bertz CT molecular complexity index is 538. The maximum absolute atomic E-state index is 5.95. The van der Waals surface area contributed by atoms with E-state index in [4.69, 9.17) is 11.6 Å². The number of nitrogens with zero attached hydrogens (tertiary/aromatic N) is 3. The van der Waals surface area contributed by atoms with Crippen molar-refractivity contribution in [2.45, 2.75) is 31.8 Å². The van der Waals surface area contributed by atoms with E-state index in [2.05, 4.69) is 39.3 Å². The van der Waals surface area contributed by atoms with E-state index in [9.17, 15) is 0 Å². The smallest absolute Gasteiger partial charge is 0.193 e. The summed E-state index contributed by atoms with van der Waals surface area (Å²) in [4.78, 5) is 9.24. The van der Waals surface area contributed by atoms with Gasteiger partial charge in [-0.1, -0.05) is 23.7 Å². The van der Waals surface area contributed by atoms with Gasteiger partial charge in [0.05, 0.1) is 0 Å². The summed E-state index contributed by atoms with van der Waals surface area (Å²) in [6, 6.07) is 8.90. The van der Waals surface area contributed by atoms with E-state index >= 15 is 0 Å². The molecule has 0 spiro atoms. The van der Waals surface area contributed by atoms with Crippen LogP contribution >= 0.6 is 11.6 Å². The molecular formula is C18H27ClN4. The van der Waals surface area contributed by atoms with Gasteiger partial charge in [0, 0.05) is 44.8 Å². The van der Waals surface area contributed by atoms with Crippen LogP contribution in [0, 0.1) is 5.92 Å². The van der Waals surface area contributed by atoms with E-state index in [0.717, 1.165) is 36.0 Å². The molecule has 2 fully saturated rings. The summed E-state index contributed by atoms with van der Waals surface area (Å²) in [5.41, 5.74) is 1.24. The largest absolute Gasteiger partial charge is 0.356 e. The lowest BCUT2D eigenvalue weighted by Crippen LogP contribution is -2.41. The molecule has 0 amide bonds. The van der Waals surface area contributed by atoms with Crippen LogP contribution in [-0.4, -0.2) is 55.5 Å². The lowest BCUT2D eigenvalue weighted by molar-refractivity contribution is 0.313. The second kappa shape index (κ2) is 7.54. The van der Waals surface area contributed by atoms with Gasteiger partial charge in [0.2, 0.25) is 0 Å². The molecule has 1 aliphatic carbocycles. The third kappa shape index (κ3) is 4.61. The fourth-order valence-corrected chi connectivity index (χ4v) is 3.49. The van der Waals surface area contributed by atoms with Crippen LogP contribution in [0.4, 0.5) is 0 Å².